The molecule has 5 aliphatic rings. The zero-order valence-electron chi connectivity index (χ0n) is 32.9. The fraction of sp³-hybridized carbons (Fsp3) is 0.762. The number of allylic oxidation sites excluding steroid dienone is 1. The van der Waals surface area contributed by atoms with Gasteiger partial charge in [0.05, 0.1) is 17.3 Å². The fourth-order valence-corrected chi connectivity index (χ4v) is 12.7. The van der Waals surface area contributed by atoms with Crippen molar-refractivity contribution in [3.05, 3.63) is 28.6 Å². The van der Waals surface area contributed by atoms with Gasteiger partial charge in [0.15, 0.2) is 5.78 Å². The zero-order chi connectivity index (χ0) is 37.7. The van der Waals surface area contributed by atoms with E-state index in [2.05, 4.69) is 63.8 Å². The Balaban J connectivity index is 1.31. The van der Waals surface area contributed by atoms with E-state index in [0.29, 0.717) is 24.2 Å². The van der Waals surface area contributed by atoms with E-state index in [9.17, 15) is 24.3 Å². The van der Waals surface area contributed by atoms with Crippen LogP contribution in [-0.4, -0.2) is 44.8 Å². The first-order chi connectivity index (χ1) is 23.5. The third-order valence-corrected chi connectivity index (χ3v) is 15.5. The molecule has 6 rings (SSSR count). The summed E-state index contributed by atoms with van der Waals surface area (Å²) in [6, 6.07) is 1.89. The normalized spacial score (nSPS) is 37.2. The summed E-state index contributed by atoms with van der Waals surface area (Å²) in [5.74, 6) is -0.212. The third kappa shape index (κ3) is 5.60. The Hall–Kier alpha value is -3.10. The number of carboxylic acid groups (broad SMARTS) is 1. The summed E-state index contributed by atoms with van der Waals surface area (Å²) in [6.45, 7) is 23.1. The number of aromatic nitrogens is 2. The van der Waals surface area contributed by atoms with Gasteiger partial charge in [0, 0.05) is 23.2 Å². The van der Waals surface area contributed by atoms with Gasteiger partial charge in [-0.3, -0.25) is 24.5 Å². The van der Waals surface area contributed by atoms with Gasteiger partial charge in [0.1, 0.15) is 6.10 Å². The standard InChI is InChI=1S/C42H61N3O6/c1-23(2)32-27(46)21-42(34(48)45-36-43-24(3)20-25(4)44-36)19-18-40(10)26(33(32)42)12-13-29-39(9)16-15-30(51-31(47)22-37(5,6)35(49)50)38(7,8)28(39)14-17-41(29,40)11/h20,23,26,28-30H,12-19,21-22H2,1-11H3,(H,49,50)(H,43,44,45,48)/t26-,28+,29-,30+,39+,40-,41-,42-/m1/s1. The van der Waals surface area contributed by atoms with E-state index < -0.39 is 22.8 Å². The quantitative estimate of drug-likeness (QED) is 0.270. The smallest absolute Gasteiger partial charge is 0.309 e. The Morgan fingerprint density at radius 2 is 1.57 bits per heavy atom. The van der Waals surface area contributed by atoms with E-state index in [1.165, 1.54) is 0 Å². The molecule has 1 heterocycles. The minimum absolute atomic E-state index is 0.00754. The van der Waals surface area contributed by atoms with Crippen LogP contribution in [0.3, 0.4) is 0 Å². The van der Waals surface area contributed by atoms with Gasteiger partial charge in [0.2, 0.25) is 11.9 Å². The minimum atomic E-state index is -1.17. The average molecular weight is 704 g/mol. The van der Waals surface area contributed by atoms with Crippen molar-refractivity contribution >= 4 is 29.6 Å². The van der Waals surface area contributed by atoms with Crippen molar-refractivity contribution < 1.29 is 29.0 Å². The largest absolute Gasteiger partial charge is 0.481 e. The first kappa shape index (κ1) is 37.7. The molecule has 1 aromatic rings. The average Bonchev–Trinajstić information content (AvgIpc) is 3.31. The highest BCUT2D eigenvalue weighted by atomic mass is 16.5. The van der Waals surface area contributed by atoms with Gasteiger partial charge in [-0.25, -0.2) is 9.97 Å². The molecule has 0 radical (unpaired) electrons. The monoisotopic (exact) mass is 703 g/mol. The summed E-state index contributed by atoms with van der Waals surface area (Å²) in [7, 11) is 0. The van der Waals surface area contributed by atoms with Crippen LogP contribution in [0.4, 0.5) is 5.95 Å². The molecule has 1 amide bonds. The van der Waals surface area contributed by atoms with E-state index in [-0.39, 0.29) is 64.1 Å². The molecule has 4 fully saturated rings. The Labute approximate surface area is 304 Å². The lowest BCUT2D eigenvalue weighted by Gasteiger charge is -2.72. The number of nitrogens with zero attached hydrogens (tertiary/aromatic N) is 2. The van der Waals surface area contributed by atoms with E-state index in [1.807, 2.05) is 19.9 Å². The topological polar surface area (TPSA) is 136 Å². The maximum Gasteiger partial charge on any atom is 0.309 e. The molecule has 9 nitrogen and oxygen atoms in total. The van der Waals surface area contributed by atoms with Crippen LogP contribution in [0.2, 0.25) is 0 Å². The number of amides is 1. The first-order valence-corrected chi connectivity index (χ1v) is 19.4. The number of Topliss-reactive ketones (excluding diaryl/α,β-unsaturated/α-hetero) is 1. The van der Waals surface area contributed by atoms with Crippen LogP contribution in [0, 0.1) is 70.0 Å². The number of rotatable bonds is 7. The molecular formula is C42H61N3O6. The predicted molar refractivity (Wildman–Crippen MR) is 195 cm³/mol. The summed E-state index contributed by atoms with van der Waals surface area (Å²) in [6.07, 6.45) is 7.03. The maximum absolute atomic E-state index is 14.5. The lowest BCUT2D eigenvalue weighted by Crippen LogP contribution is -2.66. The van der Waals surface area contributed by atoms with Gasteiger partial charge in [-0.2, -0.15) is 0 Å². The molecule has 1 aromatic heterocycles. The van der Waals surface area contributed by atoms with Crippen LogP contribution in [0.25, 0.3) is 0 Å². The SMILES string of the molecule is Cc1cc(C)nc(NC(=O)[C@@]23CC[C@]4(C)[C@H](CC[C@@H]5[C@@]6(C)CC[C@H](OC(=O)CC(C)(C)C(=O)O)C(C)(C)[C@@H]6CC[C@]54C)C2=C(C(C)C)C(=O)C3)n1. The van der Waals surface area contributed by atoms with E-state index in [4.69, 9.17) is 4.74 Å². The molecule has 5 aliphatic carbocycles. The molecule has 0 unspecified atom stereocenters. The van der Waals surface area contributed by atoms with Crippen LogP contribution in [0.1, 0.15) is 138 Å². The molecule has 0 spiro atoms. The molecule has 0 aliphatic heterocycles. The van der Waals surface area contributed by atoms with Crippen LogP contribution in [0.15, 0.2) is 17.2 Å². The Morgan fingerprint density at radius 1 is 0.922 bits per heavy atom. The number of fused-ring (bicyclic) bond motifs is 7. The molecule has 51 heavy (non-hydrogen) atoms. The molecule has 280 valence electrons. The number of nitrogens with one attached hydrogen (secondary N) is 1. The highest BCUT2D eigenvalue weighted by molar-refractivity contribution is 6.09. The highest BCUT2D eigenvalue weighted by Crippen LogP contribution is 2.76. The second kappa shape index (κ2) is 12.2. The Kier molecular flexibility index (Phi) is 9.03. The fourth-order valence-electron chi connectivity index (χ4n) is 12.7. The summed E-state index contributed by atoms with van der Waals surface area (Å²) in [5.41, 5.74) is 1.16. The molecule has 0 aromatic carbocycles. The van der Waals surface area contributed by atoms with Crippen molar-refractivity contribution in [2.45, 2.75) is 146 Å². The summed E-state index contributed by atoms with van der Waals surface area (Å²) in [5, 5.41) is 12.7. The number of carbonyl (C=O) groups excluding carboxylic acids is 3. The van der Waals surface area contributed by atoms with Gasteiger partial charge in [-0.15, -0.1) is 0 Å². The number of ether oxygens (including phenoxy) is 1. The molecule has 8 atom stereocenters. The number of aliphatic carboxylic acids is 1. The summed E-state index contributed by atoms with van der Waals surface area (Å²) in [4.78, 5) is 62.4. The van der Waals surface area contributed by atoms with E-state index in [0.717, 1.165) is 67.5 Å². The molecule has 4 saturated carbocycles. The second-order valence-electron chi connectivity index (χ2n) is 19.4. The lowest BCUT2D eigenvalue weighted by atomic mass is 9.33. The van der Waals surface area contributed by atoms with Crippen molar-refractivity contribution in [2.24, 2.45) is 56.2 Å². The number of esters is 1. The van der Waals surface area contributed by atoms with Crippen molar-refractivity contribution in [3.8, 4) is 0 Å². The van der Waals surface area contributed by atoms with Crippen LogP contribution in [0.5, 0.6) is 0 Å². The van der Waals surface area contributed by atoms with Crippen LogP contribution >= 0.6 is 0 Å². The van der Waals surface area contributed by atoms with Gasteiger partial charge < -0.3 is 9.84 Å². The highest BCUT2D eigenvalue weighted by Gasteiger charge is 2.71. The number of anilines is 1. The number of aryl methyl sites for hydroxylation is 2. The van der Waals surface area contributed by atoms with Crippen molar-refractivity contribution in [1.82, 2.24) is 9.97 Å². The Morgan fingerprint density at radius 3 is 2.18 bits per heavy atom. The first-order valence-electron chi connectivity index (χ1n) is 19.4. The summed E-state index contributed by atoms with van der Waals surface area (Å²) < 4.78 is 6.15. The number of carbonyl (C=O) groups is 4. The van der Waals surface area contributed by atoms with Gasteiger partial charge >= 0.3 is 11.9 Å². The predicted octanol–water partition coefficient (Wildman–Crippen LogP) is 8.43. The van der Waals surface area contributed by atoms with Gasteiger partial charge in [-0.05, 0) is 136 Å². The number of ketones is 1. The molecule has 0 saturated heterocycles. The van der Waals surface area contributed by atoms with Gasteiger partial charge in [0.25, 0.3) is 0 Å². The zero-order valence-corrected chi connectivity index (χ0v) is 32.9. The van der Waals surface area contributed by atoms with Crippen LogP contribution < -0.4 is 5.32 Å². The number of hydrogen-bond acceptors (Lipinski definition) is 7. The van der Waals surface area contributed by atoms with Crippen molar-refractivity contribution in [2.75, 3.05) is 5.32 Å². The van der Waals surface area contributed by atoms with Crippen LogP contribution in [-0.2, 0) is 23.9 Å². The molecular weight excluding hydrogens is 642 g/mol. The van der Waals surface area contributed by atoms with E-state index >= 15 is 0 Å². The molecule has 2 N–H and O–H groups in total. The summed E-state index contributed by atoms with van der Waals surface area (Å²) >= 11 is 0. The second-order valence-corrected chi connectivity index (χ2v) is 19.4. The number of carboxylic acids is 1. The van der Waals surface area contributed by atoms with Crippen molar-refractivity contribution in [3.63, 3.8) is 0 Å². The van der Waals surface area contributed by atoms with Crippen molar-refractivity contribution in [1.29, 1.82) is 0 Å². The van der Waals surface area contributed by atoms with Gasteiger partial charge in [-0.1, -0.05) is 48.5 Å². The maximum atomic E-state index is 14.5. The van der Waals surface area contributed by atoms with E-state index in [1.54, 1.807) is 13.8 Å². The lowest BCUT2D eigenvalue weighted by molar-refractivity contribution is -0.233. The minimum Gasteiger partial charge on any atom is -0.481 e. The number of hydrogen-bond donors (Lipinski definition) is 2. The molecule has 9 heteroatoms. The molecule has 0 bridgehead atoms. The third-order valence-electron chi connectivity index (χ3n) is 15.5. The Bertz CT molecular complexity index is 1670.